The Morgan fingerprint density at radius 2 is 1.76 bits per heavy atom. The first kappa shape index (κ1) is 16.4. The molecule has 0 saturated carbocycles. The van der Waals surface area contributed by atoms with Gasteiger partial charge < -0.3 is 15.0 Å². The van der Waals surface area contributed by atoms with Crippen molar-refractivity contribution < 1.29 is 9.53 Å². The fourth-order valence-corrected chi connectivity index (χ4v) is 3.83. The largest absolute Gasteiger partial charge is 0.488 e. The maximum Gasteiger partial charge on any atom is 0.257 e. The number of ether oxygens (including phenoxy) is 1. The number of amides is 1. The molecule has 2 aromatic carbocycles. The van der Waals surface area contributed by atoms with Gasteiger partial charge in [0.15, 0.2) is 0 Å². The van der Waals surface area contributed by atoms with E-state index in [2.05, 4.69) is 5.32 Å². The van der Waals surface area contributed by atoms with E-state index >= 15 is 0 Å². The smallest absolute Gasteiger partial charge is 0.257 e. The molecule has 0 bridgehead atoms. The number of halogens is 1. The third-order valence-electron chi connectivity index (χ3n) is 5.10. The van der Waals surface area contributed by atoms with Gasteiger partial charge in [0.1, 0.15) is 12.4 Å². The van der Waals surface area contributed by atoms with Gasteiger partial charge in [-0.2, -0.15) is 0 Å². The fraction of sp³-hybridized carbons (Fsp3) is 0.350. The molecule has 0 radical (unpaired) electrons. The quantitative estimate of drug-likeness (QED) is 0.914. The first-order valence-corrected chi connectivity index (χ1v) is 9.05. The summed E-state index contributed by atoms with van der Waals surface area (Å²) in [5.41, 5.74) is 1.66. The zero-order chi connectivity index (χ0) is 17.2. The average Bonchev–Trinajstić information content (AvgIpc) is 3.23. The molecule has 0 spiro atoms. The third kappa shape index (κ3) is 3.51. The molecule has 2 atom stereocenters. The number of rotatable bonds is 4. The summed E-state index contributed by atoms with van der Waals surface area (Å²) in [6, 6.07) is 15.1. The van der Waals surface area contributed by atoms with Crippen molar-refractivity contribution in [2.75, 3.05) is 26.2 Å². The Balaban J connectivity index is 1.47. The predicted octanol–water partition coefficient (Wildman–Crippen LogP) is 3.21. The second-order valence-electron chi connectivity index (χ2n) is 6.80. The summed E-state index contributed by atoms with van der Waals surface area (Å²) in [5, 5.41) is 4.11. The Morgan fingerprint density at radius 1 is 1.08 bits per heavy atom. The summed E-state index contributed by atoms with van der Waals surface area (Å²) < 4.78 is 5.93. The molecular formula is C20H21ClN2O2. The number of carbonyl (C=O) groups excluding carboxylic acids is 1. The van der Waals surface area contributed by atoms with Crippen molar-refractivity contribution >= 4 is 17.5 Å². The van der Waals surface area contributed by atoms with E-state index in [0.717, 1.165) is 31.7 Å². The summed E-state index contributed by atoms with van der Waals surface area (Å²) in [7, 11) is 0. The number of benzene rings is 2. The highest BCUT2D eigenvalue weighted by Crippen LogP contribution is 2.29. The standard InChI is InChI=1S/C20H21ClN2O2/c21-17-7-5-14(6-8-17)13-25-19-4-2-1-3-18(19)20(24)23-11-15-9-22-10-16(15)12-23/h1-8,15-16,22H,9-13H2/t15-,16+. The highest BCUT2D eigenvalue weighted by Gasteiger charge is 2.38. The molecule has 2 aliphatic heterocycles. The molecule has 2 aliphatic rings. The van der Waals surface area contributed by atoms with E-state index in [0.29, 0.717) is 34.8 Å². The van der Waals surface area contributed by atoms with Crippen molar-refractivity contribution in [2.45, 2.75) is 6.61 Å². The molecule has 5 heteroatoms. The minimum absolute atomic E-state index is 0.0705. The molecule has 130 valence electrons. The van der Waals surface area contributed by atoms with Crippen LogP contribution in [0.2, 0.25) is 5.02 Å². The molecule has 0 unspecified atom stereocenters. The van der Waals surface area contributed by atoms with Gasteiger partial charge in [-0.25, -0.2) is 0 Å². The topological polar surface area (TPSA) is 41.6 Å². The van der Waals surface area contributed by atoms with Crippen molar-refractivity contribution in [2.24, 2.45) is 11.8 Å². The van der Waals surface area contributed by atoms with Crippen LogP contribution in [0.1, 0.15) is 15.9 Å². The lowest BCUT2D eigenvalue weighted by Crippen LogP contribution is -2.32. The monoisotopic (exact) mass is 356 g/mol. The number of nitrogens with one attached hydrogen (secondary N) is 1. The minimum Gasteiger partial charge on any atom is -0.488 e. The molecular weight excluding hydrogens is 336 g/mol. The molecule has 2 heterocycles. The molecule has 4 nitrogen and oxygen atoms in total. The Bertz CT molecular complexity index is 751. The van der Waals surface area contributed by atoms with Crippen LogP contribution in [0.25, 0.3) is 0 Å². The van der Waals surface area contributed by atoms with E-state index in [1.807, 2.05) is 53.4 Å². The molecule has 25 heavy (non-hydrogen) atoms. The Hall–Kier alpha value is -2.04. The normalized spacial score (nSPS) is 22.0. The summed E-state index contributed by atoms with van der Waals surface area (Å²) in [4.78, 5) is 14.9. The van der Waals surface area contributed by atoms with E-state index in [-0.39, 0.29) is 5.91 Å². The van der Waals surface area contributed by atoms with Crippen LogP contribution in [0, 0.1) is 11.8 Å². The lowest BCUT2D eigenvalue weighted by Gasteiger charge is -2.19. The van der Waals surface area contributed by atoms with Gasteiger partial charge in [0.05, 0.1) is 5.56 Å². The number of nitrogens with zero attached hydrogens (tertiary/aromatic N) is 1. The zero-order valence-electron chi connectivity index (χ0n) is 14.0. The van der Waals surface area contributed by atoms with Crippen LogP contribution in [-0.2, 0) is 6.61 Å². The Labute approximate surface area is 152 Å². The van der Waals surface area contributed by atoms with Gasteiger partial charge >= 0.3 is 0 Å². The lowest BCUT2D eigenvalue weighted by atomic mass is 10.0. The molecule has 0 aliphatic carbocycles. The van der Waals surface area contributed by atoms with Crippen LogP contribution in [0.3, 0.4) is 0 Å². The maximum atomic E-state index is 13.0. The van der Waals surface area contributed by atoms with Gasteiger partial charge in [-0.3, -0.25) is 4.79 Å². The van der Waals surface area contributed by atoms with Crippen LogP contribution < -0.4 is 10.1 Å². The van der Waals surface area contributed by atoms with Crippen molar-refractivity contribution in [3.8, 4) is 5.75 Å². The number of carbonyl (C=O) groups is 1. The Morgan fingerprint density at radius 3 is 2.48 bits per heavy atom. The van der Waals surface area contributed by atoms with Crippen LogP contribution >= 0.6 is 11.6 Å². The van der Waals surface area contributed by atoms with E-state index in [1.165, 1.54) is 0 Å². The molecule has 1 amide bonds. The number of likely N-dealkylation sites (tertiary alicyclic amines) is 1. The fourth-order valence-electron chi connectivity index (χ4n) is 3.70. The molecule has 4 rings (SSSR count). The summed E-state index contributed by atoms with van der Waals surface area (Å²) >= 11 is 5.91. The van der Waals surface area contributed by atoms with Gasteiger partial charge in [-0.05, 0) is 41.7 Å². The van der Waals surface area contributed by atoms with Gasteiger partial charge in [-0.15, -0.1) is 0 Å². The highest BCUT2D eigenvalue weighted by atomic mass is 35.5. The lowest BCUT2D eigenvalue weighted by molar-refractivity contribution is 0.0777. The van der Waals surface area contributed by atoms with Gasteiger partial charge in [0.25, 0.3) is 5.91 Å². The maximum absolute atomic E-state index is 13.0. The number of hydrogen-bond donors (Lipinski definition) is 1. The van der Waals surface area contributed by atoms with E-state index in [9.17, 15) is 4.79 Å². The van der Waals surface area contributed by atoms with Crippen LogP contribution in [-0.4, -0.2) is 37.0 Å². The van der Waals surface area contributed by atoms with Crippen LogP contribution in [0.15, 0.2) is 48.5 Å². The Kier molecular flexibility index (Phi) is 4.64. The third-order valence-corrected chi connectivity index (χ3v) is 5.35. The van der Waals surface area contributed by atoms with Gasteiger partial charge in [0, 0.05) is 31.2 Å². The summed E-state index contributed by atoms with van der Waals surface area (Å²) in [6.45, 7) is 4.12. The van der Waals surface area contributed by atoms with E-state index in [1.54, 1.807) is 0 Å². The molecule has 2 aromatic rings. The van der Waals surface area contributed by atoms with E-state index < -0.39 is 0 Å². The zero-order valence-corrected chi connectivity index (χ0v) is 14.7. The second kappa shape index (κ2) is 7.06. The average molecular weight is 357 g/mol. The van der Waals surface area contributed by atoms with Crippen molar-refractivity contribution in [3.05, 3.63) is 64.7 Å². The predicted molar refractivity (Wildman–Crippen MR) is 98.0 cm³/mol. The molecule has 2 fully saturated rings. The SMILES string of the molecule is O=C(c1ccccc1OCc1ccc(Cl)cc1)N1C[C@H]2CNC[C@H]2C1. The minimum atomic E-state index is 0.0705. The van der Waals surface area contributed by atoms with Crippen molar-refractivity contribution in [1.29, 1.82) is 0 Å². The number of para-hydroxylation sites is 1. The number of hydrogen-bond acceptors (Lipinski definition) is 3. The molecule has 1 N–H and O–H groups in total. The summed E-state index contributed by atoms with van der Waals surface area (Å²) in [5.74, 6) is 1.89. The van der Waals surface area contributed by atoms with Gasteiger partial charge in [0.2, 0.25) is 0 Å². The first-order valence-electron chi connectivity index (χ1n) is 8.67. The summed E-state index contributed by atoms with van der Waals surface area (Å²) in [6.07, 6.45) is 0. The van der Waals surface area contributed by atoms with Crippen molar-refractivity contribution in [1.82, 2.24) is 10.2 Å². The number of fused-ring (bicyclic) bond motifs is 1. The second-order valence-corrected chi connectivity index (χ2v) is 7.24. The van der Waals surface area contributed by atoms with Crippen LogP contribution in [0.5, 0.6) is 5.75 Å². The van der Waals surface area contributed by atoms with Gasteiger partial charge in [-0.1, -0.05) is 35.9 Å². The highest BCUT2D eigenvalue weighted by molar-refractivity contribution is 6.30. The van der Waals surface area contributed by atoms with Crippen LogP contribution in [0.4, 0.5) is 0 Å². The molecule has 2 saturated heterocycles. The first-order chi connectivity index (χ1) is 12.2. The van der Waals surface area contributed by atoms with Crippen molar-refractivity contribution in [3.63, 3.8) is 0 Å². The molecule has 0 aromatic heterocycles. The van der Waals surface area contributed by atoms with E-state index in [4.69, 9.17) is 16.3 Å².